The number of ether oxygens (including phenoxy) is 1. The monoisotopic (exact) mass is 276 g/mol. The number of hydrogen-bond donors (Lipinski definition) is 1. The largest absolute Gasteiger partial charge is 0.381 e. The fraction of sp³-hybridized carbons (Fsp3) is 1.00. The van der Waals surface area contributed by atoms with Gasteiger partial charge in [0, 0.05) is 13.2 Å². The van der Waals surface area contributed by atoms with Gasteiger partial charge in [0.1, 0.15) is 0 Å². The van der Waals surface area contributed by atoms with Crippen molar-refractivity contribution in [1.29, 1.82) is 0 Å². The summed E-state index contributed by atoms with van der Waals surface area (Å²) >= 11 is 0. The number of halogens is 1. The molecule has 108 valence electrons. The minimum atomic E-state index is 0. The average Bonchev–Trinajstić information content (AvgIpc) is 2.39. The zero-order valence-electron chi connectivity index (χ0n) is 11.7. The van der Waals surface area contributed by atoms with Gasteiger partial charge in [-0.1, -0.05) is 0 Å². The highest BCUT2D eigenvalue weighted by Crippen LogP contribution is 2.22. The number of nitrogens with one attached hydrogen (secondary N) is 1. The van der Waals surface area contributed by atoms with E-state index in [0.29, 0.717) is 0 Å². The first-order valence-corrected chi connectivity index (χ1v) is 7.33. The molecule has 2 rings (SSSR count). The van der Waals surface area contributed by atoms with E-state index in [0.717, 1.165) is 25.0 Å². The molecular formula is C14H29ClN2O. The lowest BCUT2D eigenvalue weighted by atomic mass is 9.92. The van der Waals surface area contributed by atoms with Crippen LogP contribution in [0.5, 0.6) is 0 Å². The van der Waals surface area contributed by atoms with Crippen molar-refractivity contribution in [3.05, 3.63) is 0 Å². The van der Waals surface area contributed by atoms with Crippen LogP contribution in [-0.4, -0.2) is 51.3 Å². The molecule has 0 aliphatic carbocycles. The van der Waals surface area contributed by atoms with Crippen LogP contribution in [0, 0.1) is 11.8 Å². The maximum Gasteiger partial charge on any atom is 0.0506 e. The smallest absolute Gasteiger partial charge is 0.0506 e. The highest BCUT2D eigenvalue weighted by atomic mass is 35.5. The molecule has 0 amide bonds. The Kier molecular flexibility index (Phi) is 8.23. The summed E-state index contributed by atoms with van der Waals surface area (Å²) in [5.74, 6) is 1.76. The summed E-state index contributed by atoms with van der Waals surface area (Å²) in [6.07, 6.45) is 6.80. The van der Waals surface area contributed by atoms with Gasteiger partial charge in [-0.25, -0.2) is 0 Å². The van der Waals surface area contributed by atoms with E-state index in [-0.39, 0.29) is 12.4 Å². The number of hydrogen-bond acceptors (Lipinski definition) is 3. The van der Waals surface area contributed by atoms with Gasteiger partial charge < -0.3 is 15.0 Å². The van der Waals surface area contributed by atoms with Crippen LogP contribution < -0.4 is 5.32 Å². The summed E-state index contributed by atoms with van der Waals surface area (Å²) in [5.41, 5.74) is 0. The number of nitrogens with zero attached hydrogens (tertiary/aromatic N) is 1. The van der Waals surface area contributed by atoms with E-state index in [1.807, 2.05) is 0 Å². The van der Waals surface area contributed by atoms with E-state index < -0.39 is 0 Å². The van der Waals surface area contributed by atoms with Crippen molar-refractivity contribution in [2.24, 2.45) is 11.8 Å². The standard InChI is InChI=1S/C14H28N2O.ClH/c1-15-7-4-13-5-8-16(9-6-13)11-14-3-2-10-17-12-14;/h13-15H,2-12H2,1H3;1H. The minimum absolute atomic E-state index is 0. The van der Waals surface area contributed by atoms with Gasteiger partial charge in [-0.15, -0.1) is 12.4 Å². The van der Waals surface area contributed by atoms with Crippen molar-refractivity contribution >= 4 is 12.4 Å². The van der Waals surface area contributed by atoms with Gasteiger partial charge in [-0.05, 0) is 70.6 Å². The third-order valence-electron chi connectivity index (χ3n) is 4.28. The van der Waals surface area contributed by atoms with Crippen LogP contribution in [-0.2, 0) is 4.74 Å². The van der Waals surface area contributed by atoms with Crippen molar-refractivity contribution in [3.8, 4) is 0 Å². The van der Waals surface area contributed by atoms with Gasteiger partial charge in [0.25, 0.3) is 0 Å². The Balaban J connectivity index is 0.00000162. The summed E-state index contributed by atoms with van der Waals surface area (Å²) in [4.78, 5) is 2.66. The number of rotatable bonds is 5. The second kappa shape index (κ2) is 9.13. The predicted molar refractivity (Wildman–Crippen MR) is 78.5 cm³/mol. The first-order valence-electron chi connectivity index (χ1n) is 7.33. The van der Waals surface area contributed by atoms with Crippen molar-refractivity contribution in [1.82, 2.24) is 10.2 Å². The lowest BCUT2D eigenvalue weighted by molar-refractivity contribution is 0.0324. The van der Waals surface area contributed by atoms with E-state index in [4.69, 9.17) is 4.74 Å². The molecule has 0 spiro atoms. The molecular weight excluding hydrogens is 248 g/mol. The summed E-state index contributed by atoms with van der Waals surface area (Å²) in [7, 11) is 2.05. The van der Waals surface area contributed by atoms with Gasteiger partial charge in [0.2, 0.25) is 0 Å². The molecule has 0 aromatic rings. The van der Waals surface area contributed by atoms with Crippen LogP contribution in [0.4, 0.5) is 0 Å². The van der Waals surface area contributed by atoms with Gasteiger partial charge in [0.15, 0.2) is 0 Å². The summed E-state index contributed by atoms with van der Waals surface area (Å²) in [6, 6.07) is 0. The third-order valence-corrected chi connectivity index (χ3v) is 4.28. The molecule has 2 saturated heterocycles. The van der Waals surface area contributed by atoms with Gasteiger partial charge in [0.05, 0.1) is 6.61 Å². The molecule has 0 radical (unpaired) electrons. The maximum atomic E-state index is 5.56. The van der Waals surface area contributed by atoms with Crippen LogP contribution in [0.1, 0.15) is 32.1 Å². The van der Waals surface area contributed by atoms with Crippen molar-refractivity contribution in [3.63, 3.8) is 0 Å². The molecule has 1 atom stereocenters. The Labute approximate surface area is 118 Å². The lowest BCUT2D eigenvalue weighted by Crippen LogP contribution is -2.39. The average molecular weight is 277 g/mol. The Morgan fingerprint density at radius 2 is 1.94 bits per heavy atom. The summed E-state index contributed by atoms with van der Waals surface area (Å²) in [6.45, 7) is 7.07. The predicted octanol–water partition coefficient (Wildman–Crippen LogP) is 2.16. The zero-order chi connectivity index (χ0) is 11.9. The molecule has 2 heterocycles. The molecule has 2 fully saturated rings. The highest BCUT2D eigenvalue weighted by molar-refractivity contribution is 5.85. The Morgan fingerprint density at radius 3 is 2.56 bits per heavy atom. The minimum Gasteiger partial charge on any atom is -0.381 e. The van der Waals surface area contributed by atoms with Crippen molar-refractivity contribution < 1.29 is 4.74 Å². The molecule has 0 saturated carbocycles. The Hall–Kier alpha value is 0.170. The molecule has 2 aliphatic rings. The van der Waals surface area contributed by atoms with Crippen molar-refractivity contribution in [2.45, 2.75) is 32.1 Å². The fourth-order valence-corrected chi connectivity index (χ4v) is 3.12. The van der Waals surface area contributed by atoms with Crippen LogP contribution >= 0.6 is 12.4 Å². The third kappa shape index (κ3) is 5.43. The second-order valence-electron chi connectivity index (χ2n) is 5.72. The number of piperidine rings is 1. The van der Waals surface area contributed by atoms with Crippen molar-refractivity contribution in [2.75, 3.05) is 46.4 Å². The van der Waals surface area contributed by atoms with Gasteiger partial charge in [-0.2, -0.15) is 0 Å². The second-order valence-corrected chi connectivity index (χ2v) is 5.72. The first-order chi connectivity index (χ1) is 8.38. The van der Waals surface area contributed by atoms with Crippen LogP contribution in [0.3, 0.4) is 0 Å². The van der Waals surface area contributed by atoms with E-state index in [1.54, 1.807) is 0 Å². The van der Waals surface area contributed by atoms with Gasteiger partial charge >= 0.3 is 0 Å². The molecule has 0 aromatic carbocycles. The fourth-order valence-electron chi connectivity index (χ4n) is 3.12. The maximum absolute atomic E-state index is 5.56. The molecule has 18 heavy (non-hydrogen) atoms. The normalized spacial score (nSPS) is 26.8. The molecule has 3 nitrogen and oxygen atoms in total. The van der Waals surface area contributed by atoms with E-state index in [9.17, 15) is 0 Å². The zero-order valence-corrected chi connectivity index (χ0v) is 12.5. The number of likely N-dealkylation sites (tertiary alicyclic amines) is 1. The van der Waals surface area contributed by atoms with E-state index in [1.165, 1.54) is 58.3 Å². The molecule has 1 N–H and O–H groups in total. The SMILES string of the molecule is CNCCC1CCN(CC2CCCOC2)CC1.Cl. The summed E-state index contributed by atoms with van der Waals surface area (Å²) < 4.78 is 5.56. The van der Waals surface area contributed by atoms with Crippen LogP contribution in [0.2, 0.25) is 0 Å². The lowest BCUT2D eigenvalue weighted by Gasteiger charge is -2.35. The molecule has 1 unspecified atom stereocenters. The van der Waals surface area contributed by atoms with Gasteiger partial charge in [-0.3, -0.25) is 0 Å². The molecule has 0 aromatic heterocycles. The van der Waals surface area contributed by atoms with E-state index in [2.05, 4.69) is 17.3 Å². The molecule has 0 bridgehead atoms. The Bertz CT molecular complexity index is 202. The van der Waals surface area contributed by atoms with Crippen LogP contribution in [0.15, 0.2) is 0 Å². The highest BCUT2D eigenvalue weighted by Gasteiger charge is 2.22. The van der Waals surface area contributed by atoms with E-state index >= 15 is 0 Å². The molecule has 2 aliphatic heterocycles. The molecule has 4 heteroatoms. The first kappa shape index (κ1) is 16.2. The van der Waals surface area contributed by atoms with Crippen LogP contribution in [0.25, 0.3) is 0 Å². The quantitative estimate of drug-likeness (QED) is 0.833. The summed E-state index contributed by atoms with van der Waals surface area (Å²) in [5, 5.41) is 3.26. The topological polar surface area (TPSA) is 24.5 Å². The Morgan fingerprint density at radius 1 is 1.17 bits per heavy atom.